The summed E-state index contributed by atoms with van der Waals surface area (Å²) in [7, 11) is -4.19. The lowest BCUT2D eigenvalue weighted by atomic mass is 9.94. The zero-order valence-electron chi connectivity index (χ0n) is 17.7. The second kappa shape index (κ2) is 9.06. The first kappa shape index (κ1) is 22.8. The van der Waals surface area contributed by atoms with E-state index in [0.29, 0.717) is 18.3 Å². The third-order valence-electron chi connectivity index (χ3n) is 5.18. The topological polar surface area (TPSA) is 165 Å². The predicted octanol–water partition coefficient (Wildman–Crippen LogP) is 1.34. The minimum absolute atomic E-state index is 0.0864. The van der Waals surface area contributed by atoms with Gasteiger partial charge in [-0.3, -0.25) is 4.79 Å². The quantitative estimate of drug-likeness (QED) is 0.375. The maximum atomic E-state index is 12.6. The summed E-state index contributed by atoms with van der Waals surface area (Å²) in [5.41, 5.74) is 11.3. The van der Waals surface area contributed by atoms with E-state index in [1.807, 2.05) is 4.72 Å². The molecule has 168 valence electrons. The molecule has 0 aromatic carbocycles. The van der Waals surface area contributed by atoms with Crippen LogP contribution in [0.2, 0.25) is 0 Å². The zero-order chi connectivity index (χ0) is 22.6. The van der Waals surface area contributed by atoms with Crippen molar-refractivity contribution in [3.05, 3.63) is 35.9 Å². The van der Waals surface area contributed by atoms with Gasteiger partial charge in [0, 0.05) is 12.1 Å². The van der Waals surface area contributed by atoms with Crippen LogP contribution in [-0.2, 0) is 10.0 Å². The number of sulfonamides is 1. The molecular weight excluding hydrogens is 418 g/mol. The van der Waals surface area contributed by atoms with Gasteiger partial charge in [-0.25, -0.2) is 14.7 Å². The normalized spacial score (nSPS) is 17.9. The molecule has 3 rings (SSSR count). The Morgan fingerprint density at radius 2 is 2.00 bits per heavy atom. The molecule has 1 atom stereocenters. The van der Waals surface area contributed by atoms with Crippen LogP contribution < -0.4 is 26.8 Å². The van der Waals surface area contributed by atoms with Gasteiger partial charge < -0.3 is 22.1 Å². The Bertz CT molecular complexity index is 1060. The number of hydrogen-bond donors (Lipinski definition) is 5. The number of anilines is 3. The molecule has 7 N–H and O–H groups in total. The van der Waals surface area contributed by atoms with Crippen LogP contribution in [0, 0.1) is 5.92 Å². The molecule has 10 nitrogen and oxygen atoms in total. The van der Waals surface area contributed by atoms with Crippen LogP contribution in [0.5, 0.6) is 0 Å². The molecule has 0 spiro atoms. The van der Waals surface area contributed by atoms with Gasteiger partial charge in [0.25, 0.3) is 15.9 Å². The van der Waals surface area contributed by atoms with Gasteiger partial charge in [0.15, 0.2) is 5.03 Å². The van der Waals surface area contributed by atoms with Crippen LogP contribution >= 0.6 is 0 Å². The number of nitrogens with two attached hydrogens (primary N) is 2. The summed E-state index contributed by atoms with van der Waals surface area (Å²) in [6.45, 7) is 6.11. The molecular formula is C20H29N7O3S. The molecule has 0 aliphatic carbocycles. The molecule has 0 saturated carbocycles. The molecule has 1 aliphatic rings. The van der Waals surface area contributed by atoms with E-state index in [-0.39, 0.29) is 27.8 Å². The standard InChI is InChI=1S/C20H29N7O3S/c1-20(2)11-13(12-24-20)5-4-10-23-16-6-3-7-17(26-16)31(29,30)27-19(28)14-8-9-15(21)25-18(14)22/h3,6-9,13,24H,4-5,10-12H2,1-2H3,(H,23,26)(H,27,28)(H4,21,22,25)/t13-/m0/s1. The minimum Gasteiger partial charge on any atom is -0.384 e. The van der Waals surface area contributed by atoms with E-state index in [9.17, 15) is 13.2 Å². The lowest BCUT2D eigenvalue weighted by Crippen LogP contribution is -2.32. The van der Waals surface area contributed by atoms with E-state index in [1.54, 1.807) is 12.1 Å². The number of nitrogens with one attached hydrogen (secondary N) is 3. The lowest BCUT2D eigenvalue weighted by molar-refractivity contribution is 0.0982. The number of pyridine rings is 2. The molecule has 31 heavy (non-hydrogen) atoms. The van der Waals surface area contributed by atoms with Crippen molar-refractivity contribution in [2.75, 3.05) is 29.9 Å². The van der Waals surface area contributed by atoms with Crippen molar-refractivity contribution in [2.45, 2.75) is 43.7 Å². The van der Waals surface area contributed by atoms with Gasteiger partial charge in [-0.05, 0) is 69.8 Å². The fourth-order valence-electron chi connectivity index (χ4n) is 3.67. The number of amides is 1. The van der Waals surface area contributed by atoms with Crippen molar-refractivity contribution >= 4 is 33.4 Å². The second-order valence-electron chi connectivity index (χ2n) is 8.37. The van der Waals surface area contributed by atoms with E-state index in [2.05, 4.69) is 34.4 Å². The van der Waals surface area contributed by atoms with Crippen LogP contribution in [0.3, 0.4) is 0 Å². The summed E-state index contributed by atoms with van der Waals surface area (Å²) in [6, 6.07) is 7.25. The third kappa shape index (κ3) is 6.05. The molecule has 1 fully saturated rings. The second-order valence-corrected chi connectivity index (χ2v) is 10.00. The van der Waals surface area contributed by atoms with Crippen LogP contribution in [0.1, 0.15) is 43.5 Å². The van der Waals surface area contributed by atoms with Crippen LogP contribution in [0.25, 0.3) is 0 Å². The monoisotopic (exact) mass is 447 g/mol. The van der Waals surface area contributed by atoms with Crippen LogP contribution in [0.4, 0.5) is 17.5 Å². The highest BCUT2D eigenvalue weighted by molar-refractivity contribution is 7.90. The third-order valence-corrected chi connectivity index (χ3v) is 6.41. The largest absolute Gasteiger partial charge is 0.384 e. The highest BCUT2D eigenvalue weighted by atomic mass is 32.2. The highest BCUT2D eigenvalue weighted by Gasteiger charge is 2.29. The van der Waals surface area contributed by atoms with Gasteiger partial charge in [-0.1, -0.05) is 6.07 Å². The Labute approximate surface area is 182 Å². The van der Waals surface area contributed by atoms with Gasteiger partial charge in [-0.15, -0.1) is 0 Å². The first-order valence-corrected chi connectivity index (χ1v) is 11.6. The molecule has 0 unspecified atom stereocenters. The van der Waals surface area contributed by atoms with Crippen molar-refractivity contribution in [2.24, 2.45) is 5.92 Å². The Morgan fingerprint density at radius 1 is 1.23 bits per heavy atom. The van der Waals surface area contributed by atoms with E-state index in [4.69, 9.17) is 11.5 Å². The number of carbonyl (C=O) groups excluding carboxylic acids is 1. The van der Waals surface area contributed by atoms with Crippen molar-refractivity contribution in [3.8, 4) is 0 Å². The number of nitrogens with zero attached hydrogens (tertiary/aromatic N) is 2. The van der Waals surface area contributed by atoms with Crippen molar-refractivity contribution in [3.63, 3.8) is 0 Å². The number of aromatic nitrogens is 2. The molecule has 0 bridgehead atoms. The van der Waals surface area contributed by atoms with Gasteiger partial charge in [0.05, 0.1) is 5.56 Å². The van der Waals surface area contributed by atoms with Crippen molar-refractivity contribution in [1.29, 1.82) is 0 Å². The van der Waals surface area contributed by atoms with Crippen LogP contribution in [-0.4, -0.2) is 42.9 Å². The summed E-state index contributed by atoms with van der Waals surface area (Å²) < 4.78 is 27.2. The minimum atomic E-state index is -4.19. The number of carbonyl (C=O) groups is 1. The SMILES string of the molecule is CC1(C)C[C@H](CCCNc2cccc(S(=O)(=O)NC(=O)c3ccc(N)nc3N)n2)CN1. The average molecular weight is 448 g/mol. The summed E-state index contributed by atoms with van der Waals surface area (Å²) >= 11 is 0. The number of nitrogen functional groups attached to an aromatic ring is 2. The molecule has 1 amide bonds. The number of rotatable bonds is 8. The molecule has 2 aromatic rings. The highest BCUT2D eigenvalue weighted by Crippen LogP contribution is 2.26. The average Bonchev–Trinajstić information content (AvgIpc) is 3.03. The summed E-state index contributed by atoms with van der Waals surface area (Å²) in [4.78, 5) is 20.2. The zero-order valence-corrected chi connectivity index (χ0v) is 18.5. The van der Waals surface area contributed by atoms with Crippen molar-refractivity contribution in [1.82, 2.24) is 20.0 Å². The predicted molar refractivity (Wildman–Crippen MR) is 120 cm³/mol. The molecule has 11 heteroatoms. The molecule has 2 aromatic heterocycles. The van der Waals surface area contributed by atoms with Gasteiger partial charge in [0.1, 0.15) is 17.5 Å². The fourth-order valence-corrected chi connectivity index (χ4v) is 4.61. The molecule has 1 aliphatic heterocycles. The van der Waals surface area contributed by atoms with E-state index in [0.717, 1.165) is 25.8 Å². The van der Waals surface area contributed by atoms with E-state index in [1.165, 1.54) is 18.2 Å². The summed E-state index contributed by atoms with van der Waals surface area (Å²) in [5.74, 6) is 0.135. The summed E-state index contributed by atoms with van der Waals surface area (Å²) in [6.07, 6.45) is 3.17. The van der Waals surface area contributed by atoms with Crippen LogP contribution in [0.15, 0.2) is 35.4 Å². The Hall–Kier alpha value is -2.92. The van der Waals surface area contributed by atoms with E-state index < -0.39 is 15.9 Å². The van der Waals surface area contributed by atoms with Gasteiger partial charge in [-0.2, -0.15) is 8.42 Å². The first-order chi connectivity index (χ1) is 14.6. The summed E-state index contributed by atoms with van der Waals surface area (Å²) in [5, 5.41) is 6.39. The molecule has 0 radical (unpaired) electrons. The maximum Gasteiger partial charge on any atom is 0.281 e. The van der Waals surface area contributed by atoms with Gasteiger partial charge in [0.2, 0.25) is 0 Å². The molecule has 1 saturated heterocycles. The Morgan fingerprint density at radius 3 is 2.68 bits per heavy atom. The molecule has 3 heterocycles. The first-order valence-electron chi connectivity index (χ1n) is 10.1. The fraction of sp³-hybridized carbons (Fsp3) is 0.450. The Balaban J connectivity index is 1.57. The lowest BCUT2D eigenvalue weighted by Gasteiger charge is -2.17. The Kier molecular flexibility index (Phi) is 6.65. The van der Waals surface area contributed by atoms with Crippen molar-refractivity contribution < 1.29 is 13.2 Å². The maximum absolute atomic E-state index is 12.6. The van der Waals surface area contributed by atoms with Gasteiger partial charge >= 0.3 is 0 Å². The van der Waals surface area contributed by atoms with E-state index >= 15 is 0 Å². The number of hydrogen-bond acceptors (Lipinski definition) is 9. The smallest absolute Gasteiger partial charge is 0.281 e.